The van der Waals surface area contributed by atoms with Crippen molar-refractivity contribution in [2.24, 2.45) is 0 Å². The molecule has 20 heavy (non-hydrogen) atoms. The van der Waals surface area contributed by atoms with Crippen LogP contribution in [0.25, 0.3) is 0 Å². The third kappa shape index (κ3) is 5.17. The van der Waals surface area contributed by atoms with E-state index < -0.39 is 5.54 Å². The largest absolute Gasteiger partial charge is 0.394 e. The van der Waals surface area contributed by atoms with Gasteiger partial charge in [-0.1, -0.05) is 43.7 Å². The zero-order valence-corrected chi connectivity index (χ0v) is 13.4. The summed E-state index contributed by atoms with van der Waals surface area (Å²) in [6, 6.07) is 8.32. The molecular formula is C16H25NO2S. The van der Waals surface area contributed by atoms with Crippen LogP contribution in [0.3, 0.4) is 0 Å². The summed E-state index contributed by atoms with van der Waals surface area (Å²) in [5.74, 6) is 1.26. The lowest BCUT2D eigenvalue weighted by atomic mass is 9.94. The molecule has 0 atom stereocenters. The van der Waals surface area contributed by atoms with Gasteiger partial charge in [-0.25, -0.2) is 0 Å². The Hall–Kier alpha value is -1.00. The molecule has 4 heteroatoms. The first-order valence-corrected chi connectivity index (χ1v) is 8.26. The van der Waals surface area contributed by atoms with Gasteiger partial charge in [-0.15, -0.1) is 11.8 Å². The second-order valence-corrected chi connectivity index (χ2v) is 6.16. The van der Waals surface area contributed by atoms with Crippen LogP contribution in [0.4, 0.5) is 0 Å². The van der Waals surface area contributed by atoms with Gasteiger partial charge in [-0.2, -0.15) is 0 Å². The van der Waals surface area contributed by atoms with E-state index in [0.29, 0.717) is 5.75 Å². The SMILES string of the molecule is CCC(CC)(CO)NC(=O)CSCc1cccc(C)c1. The Morgan fingerprint density at radius 3 is 2.60 bits per heavy atom. The van der Waals surface area contributed by atoms with Crippen LogP contribution in [-0.4, -0.2) is 28.9 Å². The van der Waals surface area contributed by atoms with Gasteiger partial charge in [0, 0.05) is 5.75 Å². The number of carbonyl (C=O) groups excluding carboxylic acids is 1. The summed E-state index contributed by atoms with van der Waals surface area (Å²) in [6.07, 6.45) is 1.49. The maximum Gasteiger partial charge on any atom is 0.230 e. The normalized spacial score (nSPS) is 11.4. The molecule has 0 bridgehead atoms. The Labute approximate surface area is 126 Å². The standard InChI is InChI=1S/C16H25NO2S/c1-4-16(5-2,12-18)17-15(19)11-20-10-14-8-6-7-13(3)9-14/h6-9,18H,4-5,10-12H2,1-3H3,(H,17,19). The van der Waals surface area contributed by atoms with Gasteiger partial charge in [0.15, 0.2) is 0 Å². The lowest BCUT2D eigenvalue weighted by Crippen LogP contribution is -2.51. The van der Waals surface area contributed by atoms with Gasteiger partial charge in [0.25, 0.3) is 0 Å². The Morgan fingerprint density at radius 1 is 1.35 bits per heavy atom. The van der Waals surface area contributed by atoms with E-state index in [0.717, 1.165) is 18.6 Å². The van der Waals surface area contributed by atoms with Crippen molar-refractivity contribution < 1.29 is 9.90 Å². The summed E-state index contributed by atoms with van der Waals surface area (Å²) >= 11 is 1.60. The first kappa shape index (κ1) is 17.1. The van der Waals surface area contributed by atoms with Gasteiger partial charge in [-0.3, -0.25) is 4.79 Å². The van der Waals surface area contributed by atoms with Crippen molar-refractivity contribution in [3.05, 3.63) is 35.4 Å². The highest BCUT2D eigenvalue weighted by molar-refractivity contribution is 7.99. The van der Waals surface area contributed by atoms with E-state index in [2.05, 4.69) is 30.4 Å². The van der Waals surface area contributed by atoms with Crippen molar-refractivity contribution in [3.8, 4) is 0 Å². The molecule has 0 fully saturated rings. The number of amides is 1. The van der Waals surface area contributed by atoms with Crippen LogP contribution in [0.2, 0.25) is 0 Å². The van der Waals surface area contributed by atoms with Crippen molar-refractivity contribution in [2.45, 2.75) is 44.9 Å². The number of aryl methyl sites for hydroxylation is 1. The molecule has 0 radical (unpaired) electrons. The number of aliphatic hydroxyl groups is 1. The van der Waals surface area contributed by atoms with Crippen molar-refractivity contribution in [1.29, 1.82) is 0 Å². The predicted octanol–water partition coefficient (Wildman–Crippen LogP) is 2.90. The molecule has 0 heterocycles. The molecule has 0 saturated heterocycles. The van der Waals surface area contributed by atoms with Crippen LogP contribution < -0.4 is 5.32 Å². The van der Waals surface area contributed by atoms with Gasteiger partial charge in [-0.05, 0) is 25.3 Å². The number of nitrogens with one attached hydrogen (secondary N) is 1. The molecule has 0 unspecified atom stereocenters. The highest BCUT2D eigenvalue weighted by atomic mass is 32.2. The van der Waals surface area contributed by atoms with Gasteiger partial charge >= 0.3 is 0 Å². The predicted molar refractivity (Wildman–Crippen MR) is 85.9 cm³/mol. The second-order valence-electron chi connectivity index (χ2n) is 5.18. The molecule has 0 aromatic heterocycles. The summed E-state index contributed by atoms with van der Waals surface area (Å²) in [4.78, 5) is 11.9. The minimum absolute atomic E-state index is 0.000373. The fourth-order valence-corrected chi connectivity index (χ4v) is 2.86. The van der Waals surface area contributed by atoms with E-state index in [4.69, 9.17) is 0 Å². The van der Waals surface area contributed by atoms with Crippen molar-refractivity contribution >= 4 is 17.7 Å². The van der Waals surface area contributed by atoms with Gasteiger partial charge in [0.2, 0.25) is 5.91 Å². The molecule has 0 saturated carbocycles. The van der Waals surface area contributed by atoms with Crippen LogP contribution in [-0.2, 0) is 10.5 Å². The third-order valence-corrected chi connectivity index (χ3v) is 4.65. The molecule has 2 N–H and O–H groups in total. The van der Waals surface area contributed by atoms with Crippen LogP contribution in [0.5, 0.6) is 0 Å². The van der Waals surface area contributed by atoms with E-state index in [1.807, 2.05) is 19.9 Å². The van der Waals surface area contributed by atoms with Gasteiger partial charge < -0.3 is 10.4 Å². The van der Waals surface area contributed by atoms with Crippen molar-refractivity contribution in [1.82, 2.24) is 5.32 Å². The monoisotopic (exact) mass is 295 g/mol. The highest BCUT2D eigenvalue weighted by Crippen LogP contribution is 2.16. The number of aliphatic hydroxyl groups excluding tert-OH is 1. The van der Waals surface area contributed by atoms with Crippen LogP contribution >= 0.6 is 11.8 Å². The molecule has 112 valence electrons. The molecule has 0 spiro atoms. The van der Waals surface area contributed by atoms with E-state index in [1.54, 1.807) is 11.8 Å². The maximum absolute atomic E-state index is 11.9. The molecule has 0 aliphatic carbocycles. The van der Waals surface area contributed by atoms with Gasteiger partial charge in [0.1, 0.15) is 0 Å². The number of benzene rings is 1. The number of carbonyl (C=O) groups is 1. The summed E-state index contributed by atoms with van der Waals surface area (Å²) < 4.78 is 0. The molecule has 1 amide bonds. The van der Waals surface area contributed by atoms with Crippen molar-refractivity contribution in [3.63, 3.8) is 0 Å². The van der Waals surface area contributed by atoms with Crippen LogP contribution in [0.1, 0.15) is 37.8 Å². The van der Waals surface area contributed by atoms with Crippen LogP contribution in [0, 0.1) is 6.92 Å². The molecule has 0 aliphatic rings. The minimum Gasteiger partial charge on any atom is -0.394 e. The second kappa shape index (κ2) is 8.32. The molecule has 1 aromatic rings. The topological polar surface area (TPSA) is 49.3 Å². The zero-order chi connectivity index (χ0) is 15.0. The fourth-order valence-electron chi connectivity index (χ4n) is 2.09. The molecule has 0 aliphatic heterocycles. The average molecular weight is 295 g/mol. The average Bonchev–Trinajstić information content (AvgIpc) is 2.45. The zero-order valence-electron chi connectivity index (χ0n) is 12.6. The lowest BCUT2D eigenvalue weighted by Gasteiger charge is -2.30. The van der Waals surface area contributed by atoms with Crippen LogP contribution in [0.15, 0.2) is 24.3 Å². The summed E-state index contributed by atoms with van der Waals surface area (Å²) in [7, 11) is 0. The van der Waals surface area contributed by atoms with E-state index >= 15 is 0 Å². The van der Waals surface area contributed by atoms with E-state index in [9.17, 15) is 9.90 Å². The first-order chi connectivity index (χ1) is 9.55. The summed E-state index contributed by atoms with van der Waals surface area (Å²) in [5, 5.41) is 12.4. The smallest absolute Gasteiger partial charge is 0.230 e. The molecule has 3 nitrogen and oxygen atoms in total. The Balaban J connectivity index is 2.40. The summed E-state index contributed by atoms with van der Waals surface area (Å²) in [6.45, 7) is 6.03. The fraction of sp³-hybridized carbons (Fsp3) is 0.562. The molecule has 1 aromatic carbocycles. The number of hydrogen-bond acceptors (Lipinski definition) is 3. The lowest BCUT2D eigenvalue weighted by molar-refractivity contribution is -0.121. The number of hydrogen-bond donors (Lipinski definition) is 2. The molecule has 1 rings (SSSR count). The Bertz CT molecular complexity index is 422. The quantitative estimate of drug-likeness (QED) is 0.775. The van der Waals surface area contributed by atoms with Crippen molar-refractivity contribution in [2.75, 3.05) is 12.4 Å². The maximum atomic E-state index is 11.9. The highest BCUT2D eigenvalue weighted by Gasteiger charge is 2.26. The van der Waals surface area contributed by atoms with E-state index in [-0.39, 0.29) is 12.5 Å². The first-order valence-electron chi connectivity index (χ1n) is 7.10. The third-order valence-electron chi connectivity index (χ3n) is 3.65. The minimum atomic E-state index is -0.457. The van der Waals surface area contributed by atoms with E-state index in [1.165, 1.54) is 11.1 Å². The Kier molecular flexibility index (Phi) is 7.10. The number of rotatable bonds is 8. The van der Waals surface area contributed by atoms with Gasteiger partial charge in [0.05, 0.1) is 17.9 Å². The number of thioether (sulfide) groups is 1. The Morgan fingerprint density at radius 2 is 2.05 bits per heavy atom. The summed E-state index contributed by atoms with van der Waals surface area (Å²) in [5.41, 5.74) is 2.02. The molecular weight excluding hydrogens is 270 g/mol.